The normalized spacial score (nSPS) is 13.9. The highest BCUT2D eigenvalue weighted by molar-refractivity contribution is 9.10. The molecular formula is C16H18BrN3O2. The molecule has 0 atom stereocenters. The van der Waals surface area contributed by atoms with Crippen LogP contribution in [0.1, 0.15) is 23.0 Å². The lowest BCUT2D eigenvalue weighted by Gasteiger charge is -2.11. The number of hydrogen-bond acceptors (Lipinski definition) is 3. The molecule has 5 nitrogen and oxygen atoms in total. The monoisotopic (exact) mass is 363 g/mol. The lowest BCUT2D eigenvalue weighted by molar-refractivity contribution is 0.101. The van der Waals surface area contributed by atoms with E-state index in [4.69, 9.17) is 4.74 Å². The zero-order chi connectivity index (χ0) is 15.5. The fourth-order valence-electron chi connectivity index (χ4n) is 2.51. The summed E-state index contributed by atoms with van der Waals surface area (Å²) in [5.41, 5.74) is 2.47. The molecular weight excluding hydrogens is 346 g/mol. The molecule has 1 aromatic carbocycles. The van der Waals surface area contributed by atoms with Gasteiger partial charge in [0, 0.05) is 41.6 Å². The molecule has 0 aliphatic carbocycles. The van der Waals surface area contributed by atoms with Crippen molar-refractivity contribution < 1.29 is 9.53 Å². The molecule has 0 bridgehead atoms. The topological polar surface area (TPSA) is 55.3 Å². The molecule has 0 radical (unpaired) electrons. The molecule has 1 aliphatic rings. The number of amides is 1. The van der Waals surface area contributed by atoms with Gasteiger partial charge in [-0.2, -0.15) is 0 Å². The van der Waals surface area contributed by atoms with Crippen LogP contribution in [-0.4, -0.2) is 23.6 Å². The second-order valence-electron chi connectivity index (χ2n) is 5.13. The number of hydrogen-bond donors (Lipinski definition) is 2. The Kier molecular flexibility index (Phi) is 4.49. The van der Waals surface area contributed by atoms with E-state index in [1.54, 1.807) is 0 Å². The largest absolute Gasteiger partial charge is 0.492 e. The standard InChI is InChI=1S/C16H18BrN3O2/c1-2-20-10-12(17)8-14(20)16(21)19-13-3-4-15-11(7-13)9-18-5-6-22-15/h3-4,7-8,10,18H,2,5-6,9H2,1H3,(H,19,21). The number of carbonyl (C=O) groups excluding carboxylic acids is 1. The number of aromatic nitrogens is 1. The van der Waals surface area contributed by atoms with E-state index in [0.29, 0.717) is 12.3 Å². The van der Waals surface area contributed by atoms with Crippen LogP contribution < -0.4 is 15.4 Å². The maximum absolute atomic E-state index is 12.4. The molecule has 0 spiro atoms. The minimum Gasteiger partial charge on any atom is -0.492 e. The van der Waals surface area contributed by atoms with Crippen molar-refractivity contribution in [2.24, 2.45) is 0 Å². The molecule has 0 saturated carbocycles. The van der Waals surface area contributed by atoms with Crippen LogP contribution in [0.5, 0.6) is 5.75 Å². The van der Waals surface area contributed by atoms with Crippen molar-refractivity contribution in [2.45, 2.75) is 20.0 Å². The van der Waals surface area contributed by atoms with E-state index in [2.05, 4.69) is 26.6 Å². The van der Waals surface area contributed by atoms with Gasteiger partial charge in [-0.15, -0.1) is 0 Å². The van der Waals surface area contributed by atoms with E-state index in [0.717, 1.165) is 41.1 Å². The number of fused-ring (bicyclic) bond motifs is 1. The first-order valence-corrected chi connectivity index (χ1v) is 8.10. The molecule has 0 unspecified atom stereocenters. The molecule has 2 aromatic rings. The van der Waals surface area contributed by atoms with Crippen LogP contribution in [0.25, 0.3) is 0 Å². The lowest BCUT2D eigenvalue weighted by Crippen LogP contribution is -2.17. The fourth-order valence-corrected chi connectivity index (χ4v) is 2.98. The van der Waals surface area contributed by atoms with Crippen molar-refractivity contribution >= 4 is 27.5 Å². The molecule has 1 amide bonds. The van der Waals surface area contributed by atoms with Crippen molar-refractivity contribution in [1.82, 2.24) is 9.88 Å². The van der Waals surface area contributed by atoms with Crippen LogP contribution in [0, 0.1) is 0 Å². The van der Waals surface area contributed by atoms with Crippen LogP contribution in [-0.2, 0) is 13.1 Å². The molecule has 2 heterocycles. The summed E-state index contributed by atoms with van der Waals surface area (Å²) in [7, 11) is 0. The van der Waals surface area contributed by atoms with Crippen molar-refractivity contribution in [2.75, 3.05) is 18.5 Å². The van der Waals surface area contributed by atoms with E-state index >= 15 is 0 Å². The van der Waals surface area contributed by atoms with Gasteiger partial charge < -0.3 is 19.9 Å². The number of ether oxygens (including phenoxy) is 1. The van der Waals surface area contributed by atoms with Gasteiger partial charge in [0.2, 0.25) is 0 Å². The molecule has 6 heteroatoms. The smallest absolute Gasteiger partial charge is 0.272 e. The summed E-state index contributed by atoms with van der Waals surface area (Å²) >= 11 is 3.41. The van der Waals surface area contributed by atoms with E-state index in [1.807, 2.05) is 42.0 Å². The number of rotatable bonds is 3. The predicted molar refractivity (Wildman–Crippen MR) is 89.4 cm³/mol. The van der Waals surface area contributed by atoms with Crippen molar-refractivity contribution in [3.8, 4) is 5.75 Å². The lowest BCUT2D eigenvalue weighted by atomic mass is 10.1. The summed E-state index contributed by atoms with van der Waals surface area (Å²) in [6.07, 6.45) is 1.91. The van der Waals surface area contributed by atoms with E-state index in [-0.39, 0.29) is 5.91 Å². The Labute approximate surface area is 137 Å². The number of halogens is 1. The summed E-state index contributed by atoms with van der Waals surface area (Å²) in [5, 5.41) is 6.24. The van der Waals surface area contributed by atoms with Gasteiger partial charge in [-0.1, -0.05) is 0 Å². The number of carbonyl (C=O) groups is 1. The zero-order valence-electron chi connectivity index (χ0n) is 12.4. The number of benzene rings is 1. The summed E-state index contributed by atoms with van der Waals surface area (Å²) in [6.45, 7) is 4.99. The number of anilines is 1. The zero-order valence-corrected chi connectivity index (χ0v) is 13.9. The van der Waals surface area contributed by atoms with Gasteiger partial charge in [0.15, 0.2) is 0 Å². The van der Waals surface area contributed by atoms with Gasteiger partial charge in [-0.3, -0.25) is 4.79 Å². The van der Waals surface area contributed by atoms with Gasteiger partial charge in [0.05, 0.1) is 0 Å². The summed E-state index contributed by atoms with van der Waals surface area (Å²) in [6, 6.07) is 7.57. The second-order valence-corrected chi connectivity index (χ2v) is 6.05. The van der Waals surface area contributed by atoms with Crippen molar-refractivity contribution in [1.29, 1.82) is 0 Å². The Morgan fingerprint density at radius 2 is 2.32 bits per heavy atom. The van der Waals surface area contributed by atoms with E-state index < -0.39 is 0 Å². The Bertz CT molecular complexity index is 697. The van der Waals surface area contributed by atoms with E-state index in [9.17, 15) is 4.79 Å². The van der Waals surface area contributed by atoms with E-state index in [1.165, 1.54) is 0 Å². The number of aryl methyl sites for hydroxylation is 1. The maximum atomic E-state index is 12.4. The highest BCUT2D eigenvalue weighted by atomic mass is 79.9. The quantitative estimate of drug-likeness (QED) is 0.881. The third kappa shape index (κ3) is 3.18. The van der Waals surface area contributed by atoms with Crippen LogP contribution in [0.3, 0.4) is 0 Å². The molecule has 2 N–H and O–H groups in total. The summed E-state index contributed by atoms with van der Waals surface area (Å²) < 4.78 is 8.46. The van der Waals surface area contributed by atoms with Crippen LogP contribution >= 0.6 is 15.9 Å². The molecule has 0 fully saturated rings. The van der Waals surface area contributed by atoms with Gasteiger partial charge in [0.1, 0.15) is 18.1 Å². The SMILES string of the molecule is CCn1cc(Br)cc1C(=O)Nc1ccc2c(c1)CNCCO2. The predicted octanol–water partition coefficient (Wildman–Crippen LogP) is 3.00. The Hall–Kier alpha value is -1.79. The highest BCUT2D eigenvalue weighted by Gasteiger charge is 2.14. The highest BCUT2D eigenvalue weighted by Crippen LogP contribution is 2.25. The number of nitrogens with zero attached hydrogens (tertiary/aromatic N) is 1. The van der Waals surface area contributed by atoms with Gasteiger partial charge in [-0.25, -0.2) is 0 Å². The molecule has 22 heavy (non-hydrogen) atoms. The Morgan fingerprint density at radius 1 is 1.45 bits per heavy atom. The average molecular weight is 364 g/mol. The minimum absolute atomic E-state index is 0.116. The average Bonchev–Trinajstić information content (AvgIpc) is 2.74. The maximum Gasteiger partial charge on any atom is 0.272 e. The Morgan fingerprint density at radius 3 is 3.14 bits per heavy atom. The first-order chi connectivity index (χ1) is 10.7. The van der Waals surface area contributed by atoms with Crippen LogP contribution in [0.4, 0.5) is 5.69 Å². The minimum atomic E-state index is -0.116. The molecule has 1 aromatic heterocycles. The first kappa shape index (κ1) is 15.1. The van der Waals surface area contributed by atoms with Crippen LogP contribution in [0.2, 0.25) is 0 Å². The second kappa shape index (κ2) is 6.54. The molecule has 0 saturated heterocycles. The Balaban J connectivity index is 1.80. The molecule has 1 aliphatic heterocycles. The van der Waals surface area contributed by atoms with Crippen molar-refractivity contribution in [3.63, 3.8) is 0 Å². The summed E-state index contributed by atoms with van der Waals surface area (Å²) in [4.78, 5) is 12.4. The van der Waals surface area contributed by atoms with Gasteiger partial charge in [-0.05, 0) is 47.1 Å². The fraction of sp³-hybridized carbons (Fsp3) is 0.312. The summed E-state index contributed by atoms with van der Waals surface area (Å²) in [5.74, 6) is 0.762. The van der Waals surface area contributed by atoms with Crippen LogP contribution in [0.15, 0.2) is 34.9 Å². The third-order valence-corrected chi connectivity index (χ3v) is 4.04. The third-order valence-electron chi connectivity index (χ3n) is 3.61. The van der Waals surface area contributed by atoms with Gasteiger partial charge in [0.25, 0.3) is 5.91 Å². The van der Waals surface area contributed by atoms with Crippen molar-refractivity contribution in [3.05, 3.63) is 46.2 Å². The molecule has 3 rings (SSSR count). The van der Waals surface area contributed by atoms with Gasteiger partial charge >= 0.3 is 0 Å². The number of nitrogens with one attached hydrogen (secondary N) is 2. The molecule has 116 valence electrons. The first-order valence-electron chi connectivity index (χ1n) is 7.31.